The van der Waals surface area contributed by atoms with Crippen LogP contribution in [0.15, 0.2) is 76.7 Å². The van der Waals surface area contributed by atoms with Crippen molar-refractivity contribution in [2.45, 2.75) is 23.8 Å². The predicted molar refractivity (Wildman–Crippen MR) is 144 cm³/mol. The highest BCUT2D eigenvalue weighted by atomic mass is 32.1. The van der Waals surface area contributed by atoms with Gasteiger partial charge in [-0.15, -0.1) is 12.6 Å². The number of amides is 1. The Morgan fingerprint density at radius 1 is 1.11 bits per heavy atom. The van der Waals surface area contributed by atoms with Crippen molar-refractivity contribution in [3.8, 4) is 11.1 Å². The molecular formula is C28H25FN4O2S. The number of benzene rings is 3. The lowest BCUT2D eigenvalue weighted by molar-refractivity contribution is 0.0546. The number of fused-ring (bicyclic) bond motifs is 1. The van der Waals surface area contributed by atoms with Gasteiger partial charge in [0.1, 0.15) is 5.82 Å². The number of hydrogen-bond donors (Lipinski definition) is 3. The maximum atomic E-state index is 15.2. The van der Waals surface area contributed by atoms with E-state index in [0.29, 0.717) is 48.3 Å². The van der Waals surface area contributed by atoms with Gasteiger partial charge in [-0.1, -0.05) is 12.1 Å². The third-order valence-electron chi connectivity index (χ3n) is 6.45. The summed E-state index contributed by atoms with van der Waals surface area (Å²) >= 11 is 4.39. The van der Waals surface area contributed by atoms with E-state index >= 15 is 4.39 Å². The molecule has 5 rings (SSSR count). The van der Waals surface area contributed by atoms with Crippen LogP contribution in [0.4, 0.5) is 21.5 Å². The molecule has 0 atom stereocenters. The quantitative estimate of drug-likeness (QED) is 0.232. The number of thiol groups is 1. The molecule has 1 aliphatic heterocycles. The number of aliphatic hydroxyl groups excluding tert-OH is 1. The summed E-state index contributed by atoms with van der Waals surface area (Å²) in [6, 6.07) is 17.6. The van der Waals surface area contributed by atoms with E-state index in [1.54, 1.807) is 23.2 Å². The average molecular weight is 501 g/mol. The summed E-state index contributed by atoms with van der Waals surface area (Å²) < 4.78 is 15.2. The summed E-state index contributed by atoms with van der Waals surface area (Å²) in [7, 11) is 0. The van der Waals surface area contributed by atoms with Crippen molar-refractivity contribution >= 4 is 53.2 Å². The molecular weight excluding hydrogens is 475 g/mol. The topological polar surface area (TPSA) is 77.8 Å². The standard InChI is InChI=1S/C28H25FN4O2S/c1-30-26-16-19(4-7-27(26)36)32-25-8-11-31-24-6-3-17(14-22(24)25)21-5-2-18(15-23(21)29)28(35)33-12-9-20(34)10-13-33/h2-8,11,14-16,20,34,36H,1,9-10,12-13H2,(H,31,32). The number of aromatic nitrogens is 1. The molecule has 4 aromatic rings. The second-order valence-corrected chi connectivity index (χ2v) is 9.28. The van der Waals surface area contributed by atoms with Crippen LogP contribution in [-0.4, -0.2) is 46.8 Å². The van der Waals surface area contributed by atoms with Gasteiger partial charge in [0.2, 0.25) is 0 Å². The fourth-order valence-corrected chi connectivity index (χ4v) is 4.65. The Kier molecular flexibility index (Phi) is 6.71. The Morgan fingerprint density at radius 3 is 2.67 bits per heavy atom. The lowest BCUT2D eigenvalue weighted by Gasteiger charge is -2.29. The Labute approximate surface area is 213 Å². The number of halogens is 1. The molecule has 0 saturated carbocycles. The first-order chi connectivity index (χ1) is 17.4. The minimum absolute atomic E-state index is 0.220. The van der Waals surface area contributed by atoms with Gasteiger partial charge < -0.3 is 15.3 Å². The number of anilines is 2. The fraction of sp³-hybridized carbons (Fsp3) is 0.179. The van der Waals surface area contributed by atoms with Crippen molar-refractivity contribution in [3.63, 3.8) is 0 Å². The molecule has 0 bridgehead atoms. The van der Waals surface area contributed by atoms with Crippen LogP contribution in [0.5, 0.6) is 0 Å². The number of aliphatic imine (C=N–C) groups is 1. The first-order valence-electron chi connectivity index (χ1n) is 11.7. The number of carbonyl (C=O) groups excluding carboxylic acids is 1. The van der Waals surface area contributed by atoms with Crippen molar-refractivity contribution in [2.24, 2.45) is 4.99 Å². The molecule has 8 heteroatoms. The van der Waals surface area contributed by atoms with E-state index in [9.17, 15) is 9.90 Å². The molecule has 0 radical (unpaired) electrons. The molecule has 0 aliphatic carbocycles. The van der Waals surface area contributed by atoms with E-state index in [-0.39, 0.29) is 12.0 Å². The first kappa shape index (κ1) is 24.0. The number of aliphatic hydroxyl groups is 1. The molecule has 3 aromatic carbocycles. The van der Waals surface area contributed by atoms with Gasteiger partial charge in [0, 0.05) is 52.1 Å². The molecule has 1 aliphatic rings. The molecule has 1 fully saturated rings. The highest BCUT2D eigenvalue weighted by Crippen LogP contribution is 2.33. The van der Waals surface area contributed by atoms with Crippen LogP contribution in [0, 0.1) is 5.82 Å². The Balaban J connectivity index is 1.45. The SMILES string of the molecule is C=Nc1cc(Nc2ccnc3ccc(-c4ccc(C(=O)N5CCC(O)CC5)cc4F)cc23)ccc1S. The molecule has 0 unspecified atom stereocenters. The van der Waals surface area contributed by atoms with Crippen LogP contribution in [-0.2, 0) is 0 Å². The zero-order chi connectivity index (χ0) is 25.2. The second kappa shape index (κ2) is 10.1. The van der Waals surface area contributed by atoms with Gasteiger partial charge in [0.05, 0.1) is 17.3 Å². The smallest absolute Gasteiger partial charge is 0.253 e. The fourth-order valence-electron chi connectivity index (χ4n) is 4.44. The number of hydrogen-bond acceptors (Lipinski definition) is 6. The number of pyridine rings is 1. The van der Waals surface area contributed by atoms with Gasteiger partial charge in [-0.05, 0) is 73.7 Å². The summed E-state index contributed by atoms with van der Waals surface area (Å²) in [5, 5.41) is 13.9. The first-order valence-corrected chi connectivity index (χ1v) is 12.1. The Hall–Kier alpha value is -3.75. The number of nitrogens with one attached hydrogen (secondary N) is 1. The zero-order valence-corrected chi connectivity index (χ0v) is 20.4. The number of piperidine rings is 1. The second-order valence-electron chi connectivity index (χ2n) is 8.80. The normalized spacial score (nSPS) is 14.1. The molecule has 2 N–H and O–H groups in total. The lowest BCUT2D eigenvalue weighted by Crippen LogP contribution is -2.40. The van der Waals surface area contributed by atoms with Crippen LogP contribution in [0.25, 0.3) is 22.0 Å². The van der Waals surface area contributed by atoms with Crippen LogP contribution in [0.2, 0.25) is 0 Å². The van der Waals surface area contributed by atoms with E-state index in [4.69, 9.17) is 0 Å². The third kappa shape index (κ3) is 4.82. The van der Waals surface area contributed by atoms with Gasteiger partial charge in [0.25, 0.3) is 5.91 Å². The molecule has 6 nitrogen and oxygen atoms in total. The monoisotopic (exact) mass is 500 g/mol. The van der Waals surface area contributed by atoms with Gasteiger partial charge in [-0.3, -0.25) is 14.8 Å². The van der Waals surface area contributed by atoms with E-state index in [0.717, 1.165) is 27.2 Å². The highest BCUT2D eigenvalue weighted by Gasteiger charge is 2.23. The number of likely N-dealkylation sites (tertiary alicyclic amines) is 1. The van der Waals surface area contributed by atoms with Crippen LogP contribution < -0.4 is 5.32 Å². The number of rotatable bonds is 5. The van der Waals surface area contributed by atoms with E-state index in [1.807, 2.05) is 42.5 Å². The molecule has 2 heterocycles. The van der Waals surface area contributed by atoms with Crippen molar-refractivity contribution in [1.29, 1.82) is 0 Å². The summed E-state index contributed by atoms with van der Waals surface area (Å²) in [6.07, 6.45) is 2.42. The highest BCUT2D eigenvalue weighted by molar-refractivity contribution is 7.80. The van der Waals surface area contributed by atoms with Crippen LogP contribution >= 0.6 is 12.6 Å². The minimum Gasteiger partial charge on any atom is -0.393 e. The number of nitrogens with zero attached hydrogens (tertiary/aromatic N) is 3. The molecule has 1 amide bonds. The van der Waals surface area contributed by atoms with Crippen LogP contribution in [0.1, 0.15) is 23.2 Å². The van der Waals surface area contributed by atoms with Gasteiger partial charge >= 0.3 is 0 Å². The average Bonchev–Trinajstić information content (AvgIpc) is 2.89. The van der Waals surface area contributed by atoms with Crippen molar-refractivity contribution < 1.29 is 14.3 Å². The lowest BCUT2D eigenvalue weighted by atomic mass is 9.99. The summed E-state index contributed by atoms with van der Waals surface area (Å²) in [4.78, 5) is 23.6. The van der Waals surface area contributed by atoms with Gasteiger partial charge in [0.15, 0.2) is 0 Å². The molecule has 1 aromatic heterocycles. The van der Waals surface area contributed by atoms with E-state index in [1.165, 1.54) is 6.07 Å². The van der Waals surface area contributed by atoms with E-state index < -0.39 is 5.82 Å². The zero-order valence-electron chi connectivity index (χ0n) is 19.5. The third-order valence-corrected chi connectivity index (χ3v) is 6.82. The minimum atomic E-state index is -0.471. The summed E-state index contributed by atoms with van der Waals surface area (Å²) in [6.45, 7) is 4.52. The molecule has 0 spiro atoms. The summed E-state index contributed by atoms with van der Waals surface area (Å²) in [5.41, 5.74) is 4.42. The molecule has 182 valence electrons. The Bertz CT molecular complexity index is 1470. The predicted octanol–water partition coefficient (Wildman–Crippen LogP) is 6.00. The van der Waals surface area contributed by atoms with Gasteiger partial charge in [-0.25, -0.2) is 4.39 Å². The van der Waals surface area contributed by atoms with Crippen molar-refractivity contribution in [3.05, 3.63) is 78.2 Å². The van der Waals surface area contributed by atoms with Crippen molar-refractivity contribution in [1.82, 2.24) is 9.88 Å². The van der Waals surface area contributed by atoms with E-state index in [2.05, 4.69) is 34.6 Å². The number of carbonyl (C=O) groups is 1. The van der Waals surface area contributed by atoms with Gasteiger partial charge in [-0.2, -0.15) is 0 Å². The molecule has 36 heavy (non-hydrogen) atoms. The largest absolute Gasteiger partial charge is 0.393 e. The van der Waals surface area contributed by atoms with Crippen LogP contribution in [0.3, 0.4) is 0 Å². The summed E-state index contributed by atoms with van der Waals surface area (Å²) in [5.74, 6) is -0.691. The molecule has 1 saturated heterocycles. The maximum Gasteiger partial charge on any atom is 0.253 e. The maximum absolute atomic E-state index is 15.2. The van der Waals surface area contributed by atoms with Crippen molar-refractivity contribution in [2.75, 3.05) is 18.4 Å². The Morgan fingerprint density at radius 2 is 1.92 bits per heavy atom.